The minimum Gasteiger partial charge on any atom is -0.337 e. The Balaban J connectivity index is 1.59. The summed E-state index contributed by atoms with van der Waals surface area (Å²) < 4.78 is 18.8. The number of likely N-dealkylation sites (tertiary alicyclic amines) is 1. The Morgan fingerprint density at radius 2 is 2.08 bits per heavy atom. The van der Waals surface area contributed by atoms with E-state index in [1.165, 1.54) is 12.1 Å². The fourth-order valence-electron chi connectivity index (χ4n) is 3.14. The molecule has 1 fully saturated rings. The molecule has 0 N–H and O–H groups in total. The summed E-state index contributed by atoms with van der Waals surface area (Å²) in [5, 5.41) is 4.59. The van der Waals surface area contributed by atoms with Crippen LogP contribution in [0.3, 0.4) is 0 Å². The van der Waals surface area contributed by atoms with Crippen LogP contribution in [0.2, 0.25) is 5.02 Å². The van der Waals surface area contributed by atoms with Crippen molar-refractivity contribution in [2.24, 2.45) is 0 Å². The fourth-order valence-corrected chi connectivity index (χ4v) is 3.33. The van der Waals surface area contributed by atoms with E-state index in [0.717, 1.165) is 11.1 Å². The summed E-state index contributed by atoms with van der Waals surface area (Å²) in [5.41, 5.74) is 1.47. The van der Waals surface area contributed by atoms with Crippen molar-refractivity contribution >= 4 is 17.5 Å². The summed E-state index contributed by atoms with van der Waals surface area (Å²) in [6.45, 7) is 0.302. The number of rotatable bonds is 4. The molecule has 2 heterocycles. The number of carbonyl (C=O) groups excluding carboxylic acids is 1. The largest absolute Gasteiger partial charge is 0.337 e. The highest BCUT2D eigenvalue weighted by atomic mass is 35.5. The number of hydrogen-bond donors (Lipinski definition) is 0. The van der Waals surface area contributed by atoms with Gasteiger partial charge in [0.15, 0.2) is 0 Å². The van der Waals surface area contributed by atoms with Crippen molar-refractivity contribution in [1.82, 2.24) is 15.0 Å². The maximum atomic E-state index is 13.4. The third kappa shape index (κ3) is 3.32. The summed E-state index contributed by atoms with van der Waals surface area (Å²) in [4.78, 5) is 18.4. The third-order valence-corrected chi connectivity index (χ3v) is 4.61. The van der Waals surface area contributed by atoms with E-state index < -0.39 is 0 Å². The number of hydrogen-bond acceptors (Lipinski definition) is 4. The molecule has 1 saturated heterocycles. The highest BCUT2D eigenvalue weighted by Gasteiger charge is 2.36. The van der Waals surface area contributed by atoms with E-state index in [-0.39, 0.29) is 17.8 Å². The van der Waals surface area contributed by atoms with E-state index in [4.69, 9.17) is 16.1 Å². The van der Waals surface area contributed by atoms with Crippen molar-refractivity contribution < 1.29 is 13.7 Å². The van der Waals surface area contributed by atoms with Crippen LogP contribution in [0.5, 0.6) is 0 Å². The molecule has 3 aromatic rings. The number of amides is 1. The Kier molecular flexibility index (Phi) is 4.42. The molecule has 1 aromatic heterocycles. The first-order valence-corrected chi connectivity index (χ1v) is 8.61. The molecule has 0 spiro atoms. The van der Waals surface area contributed by atoms with Crippen LogP contribution < -0.4 is 0 Å². The quantitative estimate of drug-likeness (QED) is 0.682. The lowest BCUT2D eigenvalue weighted by Crippen LogP contribution is -2.27. The average molecular weight is 372 g/mol. The second kappa shape index (κ2) is 6.88. The number of carbonyl (C=O) groups is 1. The van der Waals surface area contributed by atoms with Gasteiger partial charge in [0.25, 0.3) is 0 Å². The highest BCUT2D eigenvalue weighted by Crippen LogP contribution is 2.34. The monoisotopic (exact) mass is 371 g/mol. The number of benzene rings is 2. The first-order valence-electron chi connectivity index (χ1n) is 8.23. The smallest absolute Gasteiger partial charge is 0.249 e. The molecule has 2 aromatic carbocycles. The lowest BCUT2D eigenvalue weighted by atomic mass is 10.1. The van der Waals surface area contributed by atoms with Crippen molar-refractivity contribution in [1.29, 1.82) is 0 Å². The average Bonchev–Trinajstić information content (AvgIpc) is 3.23. The normalized spacial score (nSPS) is 17.1. The maximum absolute atomic E-state index is 13.4. The Bertz CT molecular complexity index is 959. The Hall–Kier alpha value is -2.73. The number of aromatic nitrogens is 2. The topological polar surface area (TPSA) is 59.2 Å². The molecular formula is C19H15ClFN3O2. The first-order chi connectivity index (χ1) is 12.6. The minimum atomic E-state index is -0.327. The summed E-state index contributed by atoms with van der Waals surface area (Å²) in [5.74, 6) is 0.461. The molecule has 1 atom stereocenters. The van der Waals surface area contributed by atoms with E-state index in [2.05, 4.69) is 10.1 Å². The van der Waals surface area contributed by atoms with Gasteiger partial charge < -0.3 is 9.42 Å². The molecule has 132 valence electrons. The van der Waals surface area contributed by atoms with Crippen LogP contribution in [0.1, 0.15) is 30.3 Å². The second-order valence-electron chi connectivity index (χ2n) is 6.17. The highest BCUT2D eigenvalue weighted by molar-refractivity contribution is 6.30. The van der Waals surface area contributed by atoms with Crippen molar-refractivity contribution in [3.05, 3.63) is 70.8 Å². The predicted molar refractivity (Wildman–Crippen MR) is 93.7 cm³/mol. The molecule has 1 unspecified atom stereocenters. The van der Waals surface area contributed by atoms with Gasteiger partial charge in [0.1, 0.15) is 11.9 Å². The Morgan fingerprint density at radius 3 is 2.88 bits per heavy atom. The van der Waals surface area contributed by atoms with Crippen LogP contribution in [0, 0.1) is 5.82 Å². The van der Waals surface area contributed by atoms with E-state index in [0.29, 0.717) is 36.1 Å². The number of nitrogens with zero attached hydrogens (tertiary/aromatic N) is 3. The molecule has 1 amide bonds. The molecule has 26 heavy (non-hydrogen) atoms. The fraction of sp³-hybridized carbons (Fsp3) is 0.211. The van der Waals surface area contributed by atoms with Gasteiger partial charge >= 0.3 is 0 Å². The molecule has 4 rings (SSSR count). The van der Waals surface area contributed by atoms with E-state index in [1.807, 2.05) is 12.1 Å². The van der Waals surface area contributed by atoms with Gasteiger partial charge in [-0.3, -0.25) is 4.79 Å². The molecule has 1 aliphatic rings. The zero-order valence-corrected chi connectivity index (χ0v) is 14.5. The van der Waals surface area contributed by atoms with Crippen molar-refractivity contribution in [2.75, 3.05) is 0 Å². The van der Waals surface area contributed by atoms with Crippen LogP contribution >= 0.6 is 11.6 Å². The molecular weight excluding hydrogens is 357 g/mol. The van der Waals surface area contributed by atoms with Gasteiger partial charge in [0.05, 0.1) is 0 Å². The molecule has 0 aliphatic carbocycles. The Labute approximate surface area is 154 Å². The molecule has 0 saturated carbocycles. The summed E-state index contributed by atoms with van der Waals surface area (Å²) in [6, 6.07) is 13.1. The van der Waals surface area contributed by atoms with Gasteiger partial charge in [0.2, 0.25) is 17.6 Å². The van der Waals surface area contributed by atoms with Gasteiger partial charge in [-0.2, -0.15) is 4.98 Å². The predicted octanol–water partition coefficient (Wildman–Crippen LogP) is 4.39. The molecule has 0 radical (unpaired) electrons. The lowest BCUT2D eigenvalue weighted by molar-refractivity contribution is -0.130. The van der Waals surface area contributed by atoms with E-state index in [1.54, 1.807) is 29.2 Å². The van der Waals surface area contributed by atoms with E-state index in [9.17, 15) is 9.18 Å². The zero-order valence-electron chi connectivity index (χ0n) is 13.7. The summed E-state index contributed by atoms with van der Waals surface area (Å²) in [7, 11) is 0. The summed E-state index contributed by atoms with van der Waals surface area (Å²) >= 11 is 6.00. The van der Waals surface area contributed by atoms with Crippen molar-refractivity contribution in [3.8, 4) is 11.4 Å². The molecule has 1 aliphatic heterocycles. The van der Waals surface area contributed by atoms with Gasteiger partial charge in [-0.1, -0.05) is 41.0 Å². The standard InChI is InChI=1S/C19H15ClFN3O2/c20-14-5-2-4-13(10-14)18-22-19(26-23-18)16-7-8-17(25)24(16)11-12-3-1-6-15(21)9-12/h1-6,9-10,16H,7-8,11H2. The van der Waals surface area contributed by atoms with Crippen molar-refractivity contribution in [3.63, 3.8) is 0 Å². The molecule has 5 nitrogen and oxygen atoms in total. The minimum absolute atomic E-state index is 0.0123. The van der Waals surface area contributed by atoms with Crippen LogP contribution in [0.15, 0.2) is 53.1 Å². The SMILES string of the molecule is O=C1CCC(c2nc(-c3cccc(Cl)c3)no2)N1Cc1cccc(F)c1. The number of halogens is 2. The van der Waals surface area contributed by atoms with Gasteiger partial charge in [0, 0.05) is 23.6 Å². The zero-order chi connectivity index (χ0) is 18.1. The lowest BCUT2D eigenvalue weighted by Gasteiger charge is -2.22. The molecule has 0 bridgehead atoms. The van der Waals surface area contributed by atoms with Crippen LogP contribution in [-0.2, 0) is 11.3 Å². The van der Waals surface area contributed by atoms with Crippen LogP contribution in [-0.4, -0.2) is 20.9 Å². The van der Waals surface area contributed by atoms with E-state index >= 15 is 0 Å². The van der Waals surface area contributed by atoms with Gasteiger partial charge in [-0.15, -0.1) is 0 Å². The van der Waals surface area contributed by atoms with Crippen LogP contribution in [0.25, 0.3) is 11.4 Å². The maximum Gasteiger partial charge on any atom is 0.249 e. The van der Waals surface area contributed by atoms with Crippen molar-refractivity contribution in [2.45, 2.75) is 25.4 Å². The van der Waals surface area contributed by atoms with Gasteiger partial charge in [-0.05, 0) is 36.2 Å². The van der Waals surface area contributed by atoms with Gasteiger partial charge in [-0.25, -0.2) is 4.39 Å². The second-order valence-corrected chi connectivity index (χ2v) is 6.61. The first kappa shape index (κ1) is 16.7. The Morgan fingerprint density at radius 1 is 1.23 bits per heavy atom. The summed E-state index contributed by atoms with van der Waals surface area (Å²) in [6.07, 6.45) is 0.986. The van der Waals surface area contributed by atoms with Crippen LogP contribution in [0.4, 0.5) is 4.39 Å². The molecule has 7 heteroatoms. The third-order valence-electron chi connectivity index (χ3n) is 4.38.